The van der Waals surface area contributed by atoms with Gasteiger partial charge in [-0.15, -0.1) is 0 Å². The van der Waals surface area contributed by atoms with E-state index < -0.39 is 0 Å². The van der Waals surface area contributed by atoms with Crippen LogP contribution in [0.15, 0.2) is 24.3 Å². The summed E-state index contributed by atoms with van der Waals surface area (Å²) in [5.74, 6) is 0.671. The van der Waals surface area contributed by atoms with E-state index in [2.05, 4.69) is 50.4 Å². The third-order valence-electron chi connectivity index (χ3n) is 4.48. The average molecular weight is 275 g/mol. The van der Waals surface area contributed by atoms with E-state index >= 15 is 0 Å². The summed E-state index contributed by atoms with van der Waals surface area (Å²) in [7, 11) is 0. The maximum absolute atomic E-state index is 6.35. The molecule has 0 bridgehead atoms. The van der Waals surface area contributed by atoms with Crippen molar-refractivity contribution in [3.05, 3.63) is 35.4 Å². The highest BCUT2D eigenvalue weighted by Gasteiger charge is 2.27. The molecule has 1 N–H and O–H groups in total. The fraction of sp³-hybridized carbons (Fsp3) is 0.667. The number of morpholine rings is 1. The number of hydrogen-bond acceptors (Lipinski definition) is 2. The Morgan fingerprint density at radius 3 is 2.40 bits per heavy atom. The molecular weight excluding hydrogens is 246 g/mol. The van der Waals surface area contributed by atoms with Crippen molar-refractivity contribution in [2.75, 3.05) is 13.1 Å². The van der Waals surface area contributed by atoms with Gasteiger partial charge in [-0.3, -0.25) is 0 Å². The maximum Gasteiger partial charge on any atom is 0.0953 e. The van der Waals surface area contributed by atoms with Crippen molar-refractivity contribution in [1.29, 1.82) is 0 Å². The lowest BCUT2D eigenvalue weighted by Gasteiger charge is -2.35. The van der Waals surface area contributed by atoms with E-state index in [9.17, 15) is 0 Å². The molecule has 1 aliphatic rings. The molecule has 1 aliphatic heterocycles. The Labute approximate surface area is 123 Å². The van der Waals surface area contributed by atoms with Gasteiger partial charge < -0.3 is 10.1 Å². The Kier molecular flexibility index (Phi) is 6.06. The van der Waals surface area contributed by atoms with Gasteiger partial charge in [-0.1, -0.05) is 64.3 Å². The highest BCUT2D eigenvalue weighted by molar-refractivity contribution is 5.25. The predicted molar refractivity (Wildman–Crippen MR) is 85.0 cm³/mol. The van der Waals surface area contributed by atoms with E-state index in [1.54, 1.807) is 0 Å². The first kappa shape index (κ1) is 15.5. The summed E-state index contributed by atoms with van der Waals surface area (Å²) in [6, 6.07) is 8.99. The van der Waals surface area contributed by atoms with Gasteiger partial charge in [-0.25, -0.2) is 0 Å². The molecular formula is C18H29NO. The second-order valence-electron chi connectivity index (χ2n) is 5.89. The van der Waals surface area contributed by atoms with Crippen LogP contribution in [0, 0.1) is 5.92 Å². The zero-order chi connectivity index (χ0) is 14.4. The Morgan fingerprint density at radius 2 is 1.80 bits per heavy atom. The molecule has 0 aliphatic carbocycles. The van der Waals surface area contributed by atoms with Gasteiger partial charge in [0, 0.05) is 13.1 Å². The smallest absolute Gasteiger partial charge is 0.0953 e. The van der Waals surface area contributed by atoms with Crippen LogP contribution in [0.3, 0.4) is 0 Å². The van der Waals surface area contributed by atoms with E-state index in [0.29, 0.717) is 12.0 Å². The van der Waals surface area contributed by atoms with Crippen LogP contribution >= 0.6 is 0 Å². The molecule has 112 valence electrons. The lowest BCUT2D eigenvalue weighted by atomic mass is 9.94. The fourth-order valence-corrected chi connectivity index (χ4v) is 3.14. The fourth-order valence-electron chi connectivity index (χ4n) is 3.14. The molecule has 0 spiro atoms. The largest absolute Gasteiger partial charge is 0.367 e. The second kappa shape index (κ2) is 7.80. The Bertz CT molecular complexity index is 383. The summed E-state index contributed by atoms with van der Waals surface area (Å²) < 4.78 is 6.35. The van der Waals surface area contributed by atoms with Crippen molar-refractivity contribution in [2.24, 2.45) is 5.92 Å². The van der Waals surface area contributed by atoms with Crippen molar-refractivity contribution < 1.29 is 4.74 Å². The Morgan fingerprint density at radius 1 is 1.10 bits per heavy atom. The number of nitrogens with one attached hydrogen (secondary N) is 1. The van der Waals surface area contributed by atoms with Crippen LogP contribution in [0.1, 0.15) is 57.3 Å². The van der Waals surface area contributed by atoms with Crippen molar-refractivity contribution in [1.82, 2.24) is 5.32 Å². The molecule has 1 saturated heterocycles. The number of ether oxygens (including phenoxy) is 1. The summed E-state index contributed by atoms with van der Waals surface area (Å²) in [5, 5.41) is 3.55. The lowest BCUT2D eigenvalue weighted by Crippen LogP contribution is -2.44. The molecule has 0 radical (unpaired) electrons. The zero-order valence-corrected chi connectivity index (χ0v) is 13.2. The van der Waals surface area contributed by atoms with E-state index in [4.69, 9.17) is 4.74 Å². The van der Waals surface area contributed by atoms with Crippen LogP contribution in [-0.2, 0) is 11.2 Å². The molecule has 0 aromatic heterocycles. The van der Waals surface area contributed by atoms with Gasteiger partial charge in [-0.05, 0) is 23.5 Å². The van der Waals surface area contributed by atoms with Crippen LogP contribution in [0.2, 0.25) is 0 Å². The second-order valence-corrected chi connectivity index (χ2v) is 5.89. The van der Waals surface area contributed by atoms with Crippen LogP contribution < -0.4 is 5.32 Å². The molecule has 0 saturated carbocycles. The third kappa shape index (κ3) is 3.83. The number of aryl methyl sites for hydroxylation is 1. The summed E-state index contributed by atoms with van der Waals surface area (Å²) in [4.78, 5) is 0. The highest BCUT2D eigenvalue weighted by atomic mass is 16.5. The molecule has 1 fully saturated rings. The number of rotatable bonds is 6. The predicted octanol–water partition coefficient (Wildman–Crippen LogP) is 4.10. The third-order valence-corrected chi connectivity index (χ3v) is 4.48. The standard InChI is InChI=1S/C18H29NO/c1-4-7-14-8-10-16(11-9-14)18-13-19-12-17(20-18)15(5-2)6-3/h8-11,15,17-19H,4-7,12-13H2,1-3H3. The van der Waals surface area contributed by atoms with Gasteiger partial charge in [0.15, 0.2) is 0 Å². The maximum atomic E-state index is 6.35. The topological polar surface area (TPSA) is 21.3 Å². The van der Waals surface area contributed by atoms with Crippen molar-refractivity contribution >= 4 is 0 Å². The Hall–Kier alpha value is -0.860. The van der Waals surface area contributed by atoms with Crippen LogP contribution in [-0.4, -0.2) is 19.2 Å². The van der Waals surface area contributed by atoms with E-state index in [-0.39, 0.29) is 6.10 Å². The molecule has 2 atom stereocenters. The van der Waals surface area contributed by atoms with Crippen LogP contribution in [0.4, 0.5) is 0 Å². The molecule has 2 unspecified atom stereocenters. The monoisotopic (exact) mass is 275 g/mol. The first-order valence-corrected chi connectivity index (χ1v) is 8.23. The zero-order valence-electron chi connectivity index (χ0n) is 13.2. The van der Waals surface area contributed by atoms with Crippen molar-refractivity contribution in [2.45, 2.75) is 58.7 Å². The van der Waals surface area contributed by atoms with E-state index in [0.717, 1.165) is 13.1 Å². The SMILES string of the molecule is CCCc1ccc(C2CNCC(C(CC)CC)O2)cc1. The Balaban J connectivity index is 2.01. The molecule has 2 nitrogen and oxygen atoms in total. The summed E-state index contributed by atoms with van der Waals surface area (Å²) in [6.45, 7) is 8.68. The van der Waals surface area contributed by atoms with Crippen molar-refractivity contribution in [3.63, 3.8) is 0 Å². The summed E-state index contributed by atoms with van der Waals surface area (Å²) >= 11 is 0. The molecule has 1 heterocycles. The molecule has 20 heavy (non-hydrogen) atoms. The average Bonchev–Trinajstić information content (AvgIpc) is 2.50. The van der Waals surface area contributed by atoms with Gasteiger partial charge in [0.25, 0.3) is 0 Å². The minimum absolute atomic E-state index is 0.213. The lowest BCUT2D eigenvalue weighted by molar-refractivity contribution is -0.0688. The first-order valence-electron chi connectivity index (χ1n) is 8.23. The van der Waals surface area contributed by atoms with Gasteiger partial charge in [-0.2, -0.15) is 0 Å². The van der Waals surface area contributed by atoms with Crippen LogP contribution in [0.5, 0.6) is 0 Å². The van der Waals surface area contributed by atoms with Gasteiger partial charge in [0.05, 0.1) is 12.2 Å². The molecule has 1 aromatic carbocycles. The minimum Gasteiger partial charge on any atom is -0.367 e. The highest BCUT2D eigenvalue weighted by Crippen LogP contribution is 2.27. The van der Waals surface area contributed by atoms with E-state index in [1.807, 2.05) is 0 Å². The van der Waals surface area contributed by atoms with E-state index in [1.165, 1.54) is 36.8 Å². The minimum atomic E-state index is 0.213. The van der Waals surface area contributed by atoms with Gasteiger partial charge in [0.1, 0.15) is 0 Å². The summed E-state index contributed by atoms with van der Waals surface area (Å²) in [6.07, 6.45) is 5.35. The number of benzene rings is 1. The van der Waals surface area contributed by atoms with Gasteiger partial charge in [0.2, 0.25) is 0 Å². The molecule has 2 heteroatoms. The molecule has 0 amide bonds. The van der Waals surface area contributed by atoms with Crippen LogP contribution in [0.25, 0.3) is 0 Å². The molecule has 1 aromatic rings. The van der Waals surface area contributed by atoms with Crippen molar-refractivity contribution in [3.8, 4) is 0 Å². The first-order chi connectivity index (χ1) is 9.78. The number of hydrogen-bond donors (Lipinski definition) is 1. The normalized spacial score (nSPS) is 23.2. The summed E-state index contributed by atoms with van der Waals surface area (Å²) in [5.41, 5.74) is 2.74. The quantitative estimate of drug-likeness (QED) is 0.843. The van der Waals surface area contributed by atoms with Gasteiger partial charge >= 0.3 is 0 Å². The molecule has 2 rings (SSSR count).